The number of aryl methyl sites for hydroxylation is 1. The molecule has 1 heterocycles. The van der Waals surface area contributed by atoms with E-state index in [1.165, 1.54) is 12.1 Å². The van der Waals surface area contributed by atoms with Crippen LogP contribution in [-0.4, -0.2) is 27.0 Å². The molecule has 3 aromatic carbocycles. The minimum atomic E-state index is -1.07. The molecule has 0 aliphatic heterocycles. The number of carboxylic acid groups (broad SMARTS) is 1. The molecule has 28 heavy (non-hydrogen) atoms. The number of amides is 1. The number of anilines is 1. The number of fused-ring (bicyclic) bond motifs is 1. The fourth-order valence-corrected chi connectivity index (χ4v) is 3.00. The molecule has 0 aliphatic carbocycles. The van der Waals surface area contributed by atoms with Gasteiger partial charge >= 0.3 is 5.97 Å². The van der Waals surface area contributed by atoms with Crippen molar-refractivity contribution in [3.63, 3.8) is 0 Å². The van der Waals surface area contributed by atoms with E-state index in [4.69, 9.17) is 5.11 Å². The zero-order valence-corrected chi connectivity index (χ0v) is 15.1. The summed E-state index contributed by atoms with van der Waals surface area (Å²) in [4.78, 5) is 31.5. The van der Waals surface area contributed by atoms with Gasteiger partial charge in [0.15, 0.2) is 0 Å². The van der Waals surface area contributed by atoms with Crippen LogP contribution in [0.25, 0.3) is 22.4 Å². The van der Waals surface area contributed by atoms with Crippen LogP contribution >= 0.6 is 0 Å². The minimum Gasteiger partial charge on any atom is -0.478 e. The van der Waals surface area contributed by atoms with Gasteiger partial charge in [0.25, 0.3) is 5.91 Å². The van der Waals surface area contributed by atoms with E-state index in [1.807, 2.05) is 36.4 Å². The Morgan fingerprint density at radius 3 is 2.46 bits per heavy atom. The van der Waals surface area contributed by atoms with Crippen LogP contribution in [0.3, 0.4) is 0 Å². The first-order valence-corrected chi connectivity index (χ1v) is 8.72. The Morgan fingerprint density at radius 1 is 1.00 bits per heavy atom. The molecular formula is C22H17N3O3. The number of aromatic amines is 1. The lowest BCUT2D eigenvalue weighted by molar-refractivity contribution is 0.0697. The molecule has 6 heteroatoms. The average Bonchev–Trinajstić information content (AvgIpc) is 3.13. The van der Waals surface area contributed by atoms with Gasteiger partial charge in [0, 0.05) is 16.8 Å². The smallest absolute Gasteiger partial charge is 0.335 e. The van der Waals surface area contributed by atoms with E-state index >= 15 is 0 Å². The van der Waals surface area contributed by atoms with E-state index in [2.05, 4.69) is 15.3 Å². The predicted molar refractivity (Wildman–Crippen MR) is 108 cm³/mol. The van der Waals surface area contributed by atoms with Crippen molar-refractivity contribution in [1.82, 2.24) is 9.97 Å². The molecule has 0 aliphatic rings. The predicted octanol–water partition coefficient (Wildman–Crippen LogP) is 4.49. The molecule has 0 unspecified atom stereocenters. The number of aromatic nitrogens is 2. The first-order chi connectivity index (χ1) is 13.5. The maximum absolute atomic E-state index is 12.6. The van der Waals surface area contributed by atoms with Crippen molar-refractivity contribution in [2.45, 2.75) is 6.92 Å². The molecule has 3 N–H and O–H groups in total. The Morgan fingerprint density at radius 2 is 1.75 bits per heavy atom. The maximum atomic E-state index is 12.6. The van der Waals surface area contributed by atoms with Gasteiger partial charge < -0.3 is 15.4 Å². The number of carbonyl (C=O) groups excluding carboxylic acids is 1. The zero-order chi connectivity index (χ0) is 19.7. The van der Waals surface area contributed by atoms with Crippen LogP contribution < -0.4 is 5.32 Å². The van der Waals surface area contributed by atoms with Crippen molar-refractivity contribution in [3.05, 3.63) is 83.4 Å². The number of nitrogens with one attached hydrogen (secondary N) is 2. The Bertz CT molecular complexity index is 1160. The quantitative estimate of drug-likeness (QED) is 0.493. The van der Waals surface area contributed by atoms with E-state index in [0.29, 0.717) is 16.8 Å². The topological polar surface area (TPSA) is 95.1 Å². The van der Waals surface area contributed by atoms with Crippen molar-refractivity contribution in [1.29, 1.82) is 0 Å². The number of hydrogen-bond acceptors (Lipinski definition) is 3. The summed E-state index contributed by atoms with van der Waals surface area (Å²) in [6.07, 6.45) is 0. The third kappa shape index (κ3) is 3.35. The molecule has 0 atom stereocenters. The highest BCUT2D eigenvalue weighted by molar-refractivity contribution is 6.06. The molecule has 1 aromatic heterocycles. The fraction of sp³-hybridized carbons (Fsp3) is 0.0455. The van der Waals surface area contributed by atoms with Gasteiger partial charge in [0.1, 0.15) is 5.82 Å². The second kappa shape index (κ2) is 7.00. The molecule has 0 bridgehead atoms. The van der Waals surface area contributed by atoms with Crippen LogP contribution in [0.15, 0.2) is 66.7 Å². The Kier molecular flexibility index (Phi) is 4.37. The number of benzene rings is 3. The Hall–Kier alpha value is -3.93. The molecule has 0 radical (unpaired) electrons. The molecule has 4 aromatic rings. The van der Waals surface area contributed by atoms with Gasteiger partial charge in [-0.2, -0.15) is 0 Å². The SMILES string of the molecule is Cc1ccc(C(=O)O)cc1C(=O)Nc1ccc(-c2nc3ccccc3[nH]2)cc1. The highest BCUT2D eigenvalue weighted by Crippen LogP contribution is 2.22. The highest BCUT2D eigenvalue weighted by Gasteiger charge is 2.13. The van der Waals surface area contributed by atoms with Crippen molar-refractivity contribution < 1.29 is 14.7 Å². The van der Waals surface area contributed by atoms with Gasteiger partial charge in [0.2, 0.25) is 0 Å². The zero-order valence-electron chi connectivity index (χ0n) is 15.1. The number of carbonyl (C=O) groups is 2. The van der Waals surface area contributed by atoms with Crippen molar-refractivity contribution in [2.75, 3.05) is 5.32 Å². The van der Waals surface area contributed by atoms with E-state index in [9.17, 15) is 9.59 Å². The second-order valence-electron chi connectivity index (χ2n) is 6.47. The number of H-pyrrole nitrogens is 1. The summed E-state index contributed by atoms with van der Waals surface area (Å²) in [5.74, 6) is -0.662. The van der Waals surface area contributed by atoms with Crippen LogP contribution in [0.5, 0.6) is 0 Å². The number of para-hydroxylation sites is 2. The van der Waals surface area contributed by atoms with Crippen molar-refractivity contribution in [2.24, 2.45) is 0 Å². The third-order valence-electron chi connectivity index (χ3n) is 4.53. The maximum Gasteiger partial charge on any atom is 0.335 e. The molecule has 0 saturated carbocycles. The molecule has 4 rings (SSSR count). The standard InChI is InChI=1S/C22H17N3O3/c1-13-6-7-15(22(27)28)12-17(13)21(26)23-16-10-8-14(9-11-16)20-24-18-4-2-3-5-19(18)25-20/h2-12H,1H3,(H,23,26)(H,24,25)(H,27,28). The normalized spacial score (nSPS) is 10.8. The van der Waals surface area contributed by atoms with Crippen LogP contribution in [-0.2, 0) is 0 Å². The van der Waals surface area contributed by atoms with Gasteiger partial charge in [-0.1, -0.05) is 18.2 Å². The van der Waals surface area contributed by atoms with Gasteiger partial charge in [-0.15, -0.1) is 0 Å². The highest BCUT2D eigenvalue weighted by atomic mass is 16.4. The summed E-state index contributed by atoms with van der Waals surface area (Å²) in [6.45, 7) is 1.77. The van der Waals surface area contributed by atoms with Crippen LogP contribution in [0.4, 0.5) is 5.69 Å². The summed E-state index contributed by atoms with van der Waals surface area (Å²) < 4.78 is 0. The summed E-state index contributed by atoms with van der Waals surface area (Å²) in [5, 5.41) is 11.9. The van der Waals surface area contributed by atoms with Gasteiger partial charge in [0.05, 0.1) is 16.6 Å². The molecule has 138 valence electrons. The third-order valence-corrected chi connectivity index (χ3v) is 4.53. The Balaban J connectivity index is 1.55. The van der Waals surface area contributed by atoms with E-state index in [0.717, 1.165) is 22.4 Å². The number of imidazole rings is 1. The van der Waals surface area contributed by atoms with E-state index in [1.54, 1.807) is 25.1 Å². The summed E-state index contributed by atoms with van der Waals surface area (Å²) >= 11 is 0. The summed E-state index contributed by atoms with van der Waals surface area (Å²) in [6, 6.07) is 19.6. The van der Waals surface area contributed by atoms with E-state index < -0.39 is 5.97 Å². The number of nitrogens with zero attached hydrogens (tertiary/aromatic N) is 1. The summed E-state index contributed by atoms with van der Waals surface area (Å²) in [5.41, 5.74) is 4.49. The number of hydrogen-bond donors (Lipinski definition) is 3. The molecule has 0 spiro atoms. The minimum absolute atomic E-state index is 0.0796. The largest absolute Gasteiger partial charge is 0.478 e. The van der Waals surface area contributed by atoms with Crippen molar-refractivity contribution >= 4 is 28.6 Å². The monoisotopic (exact) mass is 371 g/mol. The Labute approximate surface area is 160 Å². The molecule has 6 nitrogen and oxygen atoms in total. The molecular weight excluding hydrogens is 354 g/mol. The van der Waals surface area contributed by atoms with Crippen LogP contribution in [0.1, 0.15) is 26.3 Å². The van der Waals surface area contributed by atoms with E-state index in [-0.39, 0.29) is 11.5 Å². The first kappa shape index (κ1) is 17.5. The van der Waals surface area contributed by atoms with Crippen LogP contribution in [0.2, 0.25) is 0 Å². The fourth-order valence-electron chi connectivity index (χ4n) is 3.00. The lowest BCUT2D eigenvalue weighted by atomic mass is 10.0. The molecule has 1 amide bonds. The summed E-state index contributed by atoms with van der Waals surface area (Å²) in [7, 11) is 0. The average molecular weight is 371 g/mol. The van der Waals surface area contributed by atoms with Crippen molar-refractivity contribution in [3.8, 4) is 11.4 Å². The first-order valence-electron chi connectivity index (χ1n) is 8.72. The second-order valence-corrected chi connectivity index (χ2v) is 6.47. The van der Waals surface area contributed by atoms with Gasteiger partial charge in [-0.25, -0.2) is 9.78 Å². The molecule has 0 saturated heterocycles. The van der Waals surface area contributed by atoms with Gasteiger partial charge in [-0.05, 0) is 61.0 Å². The van der Waals surface area contributed by atoms with Gasteiger partial charge in [-0.3, -0.25) is 4.79 Å². The lowest BCUT2D eigenvalue weighted by Gasteiger charge is -2.09. The molecule has 0 fully saturated rings. The number of carboxylic acids is 1. The van der Waals surface area contributed by atoms with Crippen LogP contribution in [0, 0.1) is 6.92 Å². The number of rotatable bonds is 4. The number of aromatic carboxylic acids is 1. The lowest BCUT2D eigenvalue weighted by Crippen LogP contribution is -2.14.